The lowest BCUT2D eigenvalue weighted by molar-refractivity contribution is -0.137. The Bertz CT molecular complexity index is 1430. The molecule has 0 bridgehead atoms. The minimum Gasteiger partial charge on any atom is -0.275 e. The largest absolute Gasteiger partial charge is 0.416 e. The maximum absolute atomic E-state index is 13.3. The van der Waals surface area contributed by atoms with Crippen LogP contribution >= 0.6 is 35.3 Å². The molecule has 0 N–H and O–H groups in total. The van der Waals surface area contributed by atoms with Crippen molar-refractivity contribution in [1.82, 2.24) is 14.1 Å². The monoisotopic (exact) mass is 476 g/mol. The summed E-state index contributed by atoms with van der Waals surface area (Å²) >= 11 is 7.42. The highest BCUT2D eigenvalue weighted by Crippen LogP contribution is 2.32. The van der Waals surface area contributed by atoms with E-state index in [9.17, 15) is 18.0 Å². The second-order valence-corrected chi connectivity index (χ2v) is 8.81. The van der Waals surface area contributed by atoms with Crippen molar-refractivity contribution in [3.8, 4) is 17.4 Å². The third-order valence-corrected chi connectivity index (χ3v) is 6.45. The molecule has 2 aromatic heterocycles. The van der Waals surface area contributed by atoms with E-state index in [4.69, 9.17) is 17.5 Å². The van der Waals surface area contributed by atoms with Crippen molar-refractivity contribution in [2.75, 3.05) is 5.75 Å². The van der Waals surface area contributed by atoms with Gasteiger partial charge in [-0.25, -0.2) is 4.98 Å². The Labute approximate surface area is 187 Å². The molecule has 0 aliphatic carbocycles. The Morgan fingerprint density at radius 3 is 2.48 bits per heavy atom. The quantitative estimate of drug-likeness (QED) is 0.218. The summed E-state index contributed by atoms with van der Waals surface area (Å²) < 4.78 is 42.7. The molecular formula is C20H11F3N4OS3. The number of thioether (sulfide) groups is 1. The van der Waals surface area contributed by atoms with Crippen LogP contribution < -0.4 is 5.56 Å². The first-order valence-corrected chi connectivity index (χ1v) is 10.9. The summed E-state index contributed by atoms with van der Waals surface area (Å²) in [5, 5.41) is 9.25. The Morgan fingerprint density at radius 2 is 1.81 bits per heavy atom. The first-order valence-electron chi connectivity index (χ1n) is 8.72. The molecule has 0 saturated heterocycles. The van der Waals surface area contributed by atoms with Crippen molar-refractivity contribution in [3.05, 3.63) is 74.5 Å². The fourth-order valence-electron chi connectivity index (χ4n) is 2.98. The Balaban J connectivity index is 2.02. The second kappa shape index (κ2) is 8.30. The fourth-order valence-corrected chi connectivity index (χ4v) is 4.95. The molecule has 156 valence electrons. The summed E-state index contributed by atoms with van der Waals surface area (Å²) in [6.45, 7) is 0. The number of alkyl halides is 3. The van der Waals surface area contributed by atoms with Gasteiger partial charge >= 0.3 is 6.18 Å². The zero-order valence-electron chi connectivity index (χ0n) is 15.5. The Morgan fingerprint density at radius 1 is 1.10 bits per heavy atom. The van der Waals surface area contributed by atoms with Crippen LogP contribution in [0.2, 0.25) is 0 Å². The van der Waals surface area contributed by atoms with Gasteiger partial charge in [-0.15, -0.1) is 0 Å². The number of hydrogen-bond acceptors (Lipinski definition) is 6. The topological polar surface area (TPSA) is 63.6 Å². The molecule has 0 unspecified atom stereocenters. The zero-order chi connectivity index (χ0) is 22.2. The number of benzene rings is 2. The lowest BCUT2D eigenvalue weighted by Crippen LogP contribution is -2.21. The van der Waals surface area contributed by atoms with Gasteiger partial charge in [-0.3, -0.25) is 13.9 Å². The number of aromatic nitrogens is 3. The van der Waals surface area contributed by atoms with Gasteiger partial charge in [0.1, 0.15) is 4.70 Å². The van der Waals surface area contributed by atoms with Crippen LogP contribution in [0.1, 0.15) is 5.56 Å². The van der Waals surface area contributed by atoms with Crippen LogP contribution in [0.4, 0.5) is 13.2 Å². The van der Waals surface area contributed by atoms with Crippen molar-refractivity contribution in [1.29, 1.82) is 5.26 Å². The molecular weight excluding hydrogens is 465 g/mol. The predicted molar refractivity (Wildman–Crippen MR) is 117 cm³/mol. The third-order valence-electron chi connectivity index (χ3n) is 4.29. The number of para-hydroxylation sites is 1. The molecule has 11 heteroatoms. The molecule has 0 saturated carbocycles. The number of nitriles is 1. The van der Waals surface area contributed by atoms with E-state index in [0.29, 0.717) is 5.69 Å². The van der Waals surface area contributed by atoms with Crippen LogP contribution in [0.3, 0.4) is 0 Å². The van der Waals surface area contributed by atoms with Crippen LogP contribution in [0.25, 0.3) is 21.7 Å². The molecule has 0 aliphatic rings. The summed E-state index contributed by atoms with van der Waals surface area (Å²) in [6.07, 6.45) is -4.52. The standard InChI is InChI=1S/C20H11F3N4OS3/c21-20(22,23)12-5-4-8-14(11-12)26-16-15(31-19(26)29)17(28)27(13-6-2-1-3-7-13)18(25-16)30-10-9-24/h1-8,11H,10H2. The average molecular weight is 477 g/mol. The number of fused-ring (bicyclic) bond motifs is 1. The van der Waals surface area contributed by atoms with Crippen molar-refractivity contribution in [2.45, 2.75) is 11.3 Å². The summed E-state index contributed by atoms with van der Waals surface area (Å²) in [5.41, 5.74) is -0.354. The van der Waals surface area contributed by atoms with Crippen LogP contribution in [0.5, 0.6) is 0 Å². The van der Waals surface area contributed by atoms with Gasteiger partial charge < -0.3 is 0 Å². The van der Waals surface area contributed by atoms with Crippen molar-refractivity contribution >= 4 is 45.7 Å². The van der Waals surface area contributed by atoms with Crippen LogP contribution in [0.15, 0.2) is 64.5 Å². The summed E-state index contributed by atoms with van der Waals surface area (Å²) in [5.74, 6) is 0.0409. The average Bonchev–Trinajstić information content (AvgIpc) is 3.08. The predicted octanol–water partition coefficient (Wildman–Crippen LogP) is 5.60. The second-order valence-electron chi connectivity index (χ2n) is 6.22. The van der Waals surface area contributed by atoms with Crippen molar-refractivity contribution < 1.29 is 13.2 Å². The Kier molecular flexibility index (Phi) is 5.70. The molecule has 4 aromatic rings. The first kappa shape index (κ1) is 21.3. The molecule has 0 radical (unpaired) electrons. The number of nitrogens with zero attached hydrogens (tertiary/aromatic N) is 4. The summed E-state index contributed by atoms with van der Waals surface area (Å²) in [4.78, 5) is 17.9. The summed E-state index contributed by atoms with van der Waals surface area (Å²) in [6, 6.07) is 15.5. The van der Waals surface area contributed by atoms with Gasteiger partial charge in [0, 0.05) is 5.69 Å². The van der Waals surface area contributed by atoms with Gasteiger partial charge in [0.25, 0.3) is 5.56 Å². The van der Waals surface area contributed by atoms with Crippen LogP contribution in [0, 0.1) is 15.3 Å². The van der Waals surface area contributed by atoms with E-state index >= 15 is 0 Å². The minimum atomic E-state index is -4.52. The smallest absolute Gasteiger partial charge is 0.275 e. The van der Waals surface area contributed by atoms with Crippen LogP contribution in [-0.2, 0) is 6.18 Å². The highest BCUT2D eigenvalue weighted by molar-refractivity contribution is 7.99. The number of rotatable bonds is 4. The number of thiazole rings is 1. The SMILES string of the molecule is N#CCSc1nc2c(sc(=S)n2-c2cccc(C(F)(F)F)c2)c(=O)n1-c1ccccc1. The molecule has 0 aliphatic heterocycles. The lowest BCUT2D eigenvalue weighted by atomic mass is 10.2. The summed E-state index contributed by atoms with van der Waals surface area (Å²) in [7, 11) is 0. The fraction of sp³-hybridized carbons (Fsp3) is 0.100. The molecule has 0 atom stereocenters. The minimum absolute atomic E-state index is 0.0409. The van der Waals surface area contributed by atoms with Gasteiger partial charge in [0.2, 0.25) is 0 Å². The normalized spacial score (nSPS) is 11.5. The van der Waals surface area contributed by atoms with Gasteiger partial charge in [-0.05, 0) is 42.5 Å². The van der Waals surface area contributed by atoms with E-state index in [-0.39, 0.29) is 30.9 Å². The lowest BCUT2D eigenvalue weighted by Gasteiger charge is -2.13. The van der Waals surface area contributed by atoms with E-state index < -0.39 is 17.3 Å². The molecule has 2 aromatic carbocycles. The molecule has 4 rings (SSSR count). The third kappa shape index (κ3) is 4.01. The van der Waals surface area contributed by atoms with Gasteiger partial charge in [0.15, 0.2) is 14.8 Å². The van der Waals surface area contributed by atoms with Crippen molar-refractivity contribution in [2.24, 2.45) is 0 Å². The van der Waals surface area contributed by atoms with E-state index in [0.717, 1.165) is 35.2 Å². The van der Waals surface area contributed by atoms with Gasteiger partial charge in [-0.2, -0.15) is 18.4 Å². The van der Waals surface area contributed by atoms with Crippen molar-refractivity contribution in [3.63, 3.8) is 0 Å². The maximum atomic E-state index is 13.3. The molecule has 0 fully saturated rings. The highest BCUT2D eigenvalue weighted by atomic mass is 32.2. The zero-order valence-corrected chi connectivity index (χ0v) is 17.9. The molecule has 2 heterocycles. The maximum Gasteiger partial charge on any atom is 0.416 e. The van der Waals surface area contributed by atoms with E-state index in [2.05, 4.69) is 4.98 Å². The molecule has 5 nitrogen and oxygen atoms in total. The Hall–Kier alpha value is -2.94. The number of halogens is 3. The molecule has 31 heavy (non-hydrogen) atoms. The van der Waals surface area contributed by atoms with E-state index in [1.807, 2.05) is 6.07 Å². The molecule has 0 spiro atoms. The van der Waals surface area contributed by atoms with Gasteiger partial charge in [-0.1, -0.05) is 47.4 Å². The molecule has 0 amide bonds. The van der Waals surface area contributed by atoms with Gasteiger partial charge in [0.05, 0.1) is 23.1 Å². The first-order chi connectivity index (χ1) is 14.8. The van der Waals surface area contributed by atoms with E-state index in [1.165, 1.54) is 21.3 Å². The van der Waals surface area contributed by atoms with E-state index in [1.54, 1.807) is 30.3 Å². The van der Waals surface area contributed by atoms with Crippen LogP contribution in [-0.4, -0.2) is 19.9 Å². The number of hydrogen-bond donors (Lipinski definition) is 0. The highest BCUT2D eigenvalue weighted by Gasteiger charge is 2.31.